The van der Waals surface area contributed by atoms with Gasteiger partial charge in [-0.25, -0.2) is 4.39 Å². The Bertz CT molecular complexity index is 361. The summed E-state index contributed by atoms with van der Waals surface area (Å²) >= 11 is 11.8. The molecular formula is C12H16Cl2FNO2. The highest BCUT2D eigenvalue weighted by Gasteiger charge is 2.12. The molecule has 102 valence electrons. The summed E-state index contributed by atoms with van der Waals surface area (Å²) in [5.41, 5.74) is 0.476. The molecule has 0 radical (unpaired) electrons. The summed E-state index contributed by atoms with van der Waals surface area (Å²) in [6.07, 6.45) is -0.391. The van der Waals surface area contributed by atoms with Crippen LogP contribution in [-0.2, 0) is 9.47 Å². The molecule has 3 nitrogen and oxygen atoms in total. The minimum absolute atomic E-state index is 0.228. The Morgan fingerprint density at radius 2 is 1.67 bits per heavy atom. The van der Waals surface area contributed by atoms with Crippen molar-refractivity contribution in [3.63, 3.8) is 0 Å². The number of anilines is 1. The van der Waals surface area contributed by atoms with Crippen LogP contribution in [-0.4, -0.2) is 26.0 Å². The molecule has 1 aromatic rings. The van der Waals surface area contributed by atoms with Gasteiger partial charge in [0.15, 0.2) is 6.29 Å². The Morgan fingerprint density at radius 1 is 1.17 bits per heavy atom. The summed E-state index contributed by atoms with van der Waals surface area (Å²) in [5, 5.41) is 3.45. The van der Waals surface area contributed by atoms with Crippen molar-refractivity contribution in [1.82, 2.24) is 0 Å². The van der Waals surface area contributed by atoms with E-state index in [4.69, 9.17) is 32.7 Å². The van der Waals surface area contributed by atoms with E-state index in [9.17, 15) is 4.39 Å². The zero-order valence-corrected chi connectivity index (χ0v) is 11.8. The maximum absolute atomic E-state index is 13.0. The lowest BCUT2D eigenvalue weighted by Crippen LogP contribution is -2.26. The van der Waals surface area contributed by atoms with Crippen LogP contribution >= 0.6 is 23.2 Å². The highest BCUT2D eigenvalue weighted by Crippen LogP contribution is 2.31. The molecule has 6 heteroatoms. The van der Waals surface area contributed by atoms with Gasteiger partial charge in [-0.15, -0.1) is 0 Å². The zero-order valence-electron chi connectivity index (χ0n) is 10.3. The van der Waals surface area contributed by atoms with Crippen molar-refractivity contribution in [1.29, 1.82) is 0 Å². The van der Waals surface area contributed by atoms with E-state index in [1.165, 1.54) is 12.1 Å². The third-order valence-electron chi connectivity index (χ3n) is 2.16. The lowest BCUT2D eigenvalue weighted by molar-refractivity contribution is -0.126. The summed E-state index contributed by atoms with van der Waals surface area (Å²) in [6, 6.07) is 2.40. The molecular weight excluding hydrogens is 280 g/mol. The van der Waals surface area contributed by atoms with Crippen molar-refractivity contribution in [3.8, 4) is 0 Å². The lowest BCUT2D eigenvalue weighted by Gasteiger charge is -2.19. The fourth-order valence-corrected chi connectivity index (χ4v) is 2.03. The van der Waals surface area contributed by atoms with Gasteiger partial charge in [0.25, 0.3) is 0 Å². The van der Waals surface area contributed by atoms with Crippen molar-refractivity contribution in [2.75, 3.05) is 25.1 Å². The SMILES string of the molecule is CCOC(CNc1c(Cl)cc(F)cc1Cl)OCC. The van der Waals surface area contributed by atoms with Gasteiger partial charge in [0.05, 0.1) is 22.3 Å². The first-order valence-electron chi connectivity index (χ1n) is 5.70. The highest BCUT2D eigenvalue weighted by atomic mass is 35.5. The Hall–Kier alpha value is -0.550. The molecule has 1 N–H and O–H groups in total. The molecule has 0 aliphatic rings. The standard InChI is InChI=1S/C12H16Cl2FNO2/c1-3-17-11(18-4-2)7-16-12-9(13)5-8(15)6-10(12)14/h5-6,11,16H,3-4,7H2,1-2H3. The molecule has 1 aromatic carbocycles. The van der Waals surface area contributed by atoms with Gasteiger partial charge in [-0.2, -0.15) is 0 Å². The first kappa shape index (κ1) is 15.5. The van der Waals surface area contributed by atoms with E-state index in [2.05, 4.69) is 5.32 Å². The second kappa shape index (κ2) is 7.79. The molecule has 0 saturated heterocycles. The van der Waals surface area contributed by atoms with Gasteiger partial charge in [0.1, 0.15) is 5.82 Å². The van der Waals surface area contributed by atoms with E-state index in [1.54, 1.807) is 0 Å². The van der Waals surface area contributed by atoms with Crippen molar-refractivity contribution in [2.24, 2.45) is 0 Å². The number of hydrogen-bond acceptors (Lipinski definition) is 3. The molecule has 0 saturated carbocycles. The van der Waals surface area contributed by atoms with Crippen molar-refractivity contribution in [2.45, 2.75) is 20.1 Å². The number of hydrogen-bond donors (Lipinski definition) is 1. The molecule has 0 unspecified atom stereocenters. The zero-order chi connectivity index (χ0) is 13.5. The second-order valence-electron chi connectivity index (χ2n) is 3.47. The maximum Gasteiger partial charge on any atom is 0.174 e. The molecule has 0 atom stereocenters. The van der Waals surface area contributed by atoms with Crippen LogP contribution < -0.4 is 5.32 Å². The van der Waals surface area contributed by atoms with Crippen LogP contribution in [0.4, 0.5) is 10.1 Å². The fraction of sp³-hybridized carbons (Fsp3) is 0.500. The monoisotopic (exact) mass is 295 g/mol. The van der Waals surface area contributed by atoms with Gasteiger partial charge in [0.2, 0.25) is 0 Å². The summed E-state index contributed by atoms with van der Waals surface area (Å²) < 4.78 is 23.7. The molecule has 1 rings (SSSR count). The summed E-state index contributed by atoms with van der Waals surface area (Å²) in [5.74, 6) is -0.471. The summed E-state index contributed by atoms with van der Waals surface area (Å²) in [4.78, 5) is 0. The van der Waals surface area contributed by atoms with Gasteiger partial charge < -0.3 is 14.8 Å². The minimum Gasteiger partial charge on any atom is -0.378 e. The van der Waals surface area contributed by atoms with E-state index in [1.807, 2.05) is 13.8 Å². The quantitative estimate of drug-likeness (QED) is 0.773. The van der Waals surface area contributed by atoms with Crippen LogP contribution in [0.1, 0.15) is 13.8 Å². The van der Waals surface area contributed by atoms with Crippen LogP contribution in [0.25, 0.3) is 0 Å². The first-order valence-corrected chi connectivity index (χ1v) is 6.45. The molecule has 0 aliphatic carbocycles. The smallest absolute Gasteiger partial charge is 0.174 e. The molecule has 0 heterocycles. The molecule has 0 amide bonds. The number of ether oxygens (including phenoxy) is 2. The molecule has 0 aliphatic heterocycles. The second-order valence-corrected chi connectivity index (χ2v) is 4.28. The van der Waals surface area contributed by atoms with E-state index in [0.717, 1.165) is 0 Å². The van der Waals surface area contributed by atoms with E-state index >= 15 is 0 Å². The number of benzene rings is 1. The largest absolute Gasteiger partial charge is 0.378 e. The fourth-order valence-electron chi connectivity index (χ4n) is 1.43. The van der Waals surface area contributed by atoms with Crippen LogP contribution in [0.15, 0.2) is 12.1 Å². The van der Waals surface area contributed by atoms with E-state index in [-0.39, 0.29) is 10.0 Å². The van der Waals surface area contributed by atoms with Crippen molar-refractivity contribution >= 4 is 28.9 Å². The number of rotatable bonds is 7. The summed E-state index contributed by atoms with van der Waals surface area (Å²) in [6.45, 7) is 5.22. The Labute approximate surface area is 116 Å². The predicted molar refractivity (Wildman–Crippen MR) is 71.9 cm³/mol. The Morgan fingerprint density at radius 3 is 2.11 bits per heavy atom. The average molecular weight is 296 g/mol. The summed E-state index contributed by atoms with van der Waals surface area (Å²) in [7, 11) is 0. The average Bonchev–Trinajstić information content (AvgIpc) is 2.28. The molecule has 0 spiro atoms. The third-order valence-corrected chi connectivity index (χ3v) is 2.75. The predicted octanol–water partition coefficient (Wildman–Crippen LogP) is 3.94. The number of halogens is 3. The highest BCUT2D eigenvalue weighted by molar-refractivity contribution is 6.39. The normalized spacial score (nSPS) is 11.0. The van der Waals surface area contributed by atoms with E-state index in [0.29, 0.717) is 25.4 Å². The van der Waals surface area contributed by atoms with Crippen molar-refractivity contribution in [3.05, 3.63) is 28.0 Å². The molecule has 18 heavy (non-hydrogen) atoms. The Balaban J connectivity index is 2.66. The lowest BCUT2D eigenvalue weighted by atomic mass is 10.3. The van der Waals surface area contributed by atoms with Crippen LogP contribution in [0, 0.1) is 5.82 Å². The topological polar surface area (TPSA) is 30.5 Å². The number of nitrogens with one attached hydrogen (secondary N) is 1. The minimum atomic E-state index is -0.471. The maximum atomic E-state index is 13.0. The van der Waals surface area contributed by atoms with Gasteiger partial charge in [-0.3, -0.25) is 0 Å². The first-order chi connectivity index (χ1) is 8.58. The molecule has 0 fully saturated rings. The Kier molecular flexibility index (Phi) is 6.71. The van der Waals surface area contributed by atoms with Crippen LogP contribution in [0.5, 0.6) is 0 Å². The van der Waals surface area contributed by atoms with Crippen LogP contribution in [0.2, 0.25) is 10.0 Å². The van der Waals surface area contributed by atoms with Gasteiger partial charge >= 0.3 is 0 Å². The van der Waals surface area contributed by atoms with Gasteiger partial charge in [0, 0.05) is 13.2 Å². The van der Waals surface area contributed by atoms with Crippen molar-refractivity contribution < 1.29 is 13.9 Å². The van der Waals surface area contributed by atoms with Gasteiger partial charge in [-0.1, -0.05) is 23.2 Å². The van der Waals surface area contributed by atoms with Crippen LogP contribution in [0.3, 0.4) is 0 Å². The third kappa shape index (κ3) is 4.61. The van der Waals surface area contributed by atoms with E-state index < -0.39 is 12.1 Å². The molecule has 0 aromatic heterocycles. The molecule has 0 bridgehead atoms. The van der Waals surface area contributed by atoms with Gasteiger partial charge in [-0.05, 0) is 26.0 Å².